The van der Waals surface area contributed by atoms with Crippen LogP contribution in [0.2, 0.25) is 0 Å². The number of nitrogens with one attached hydrogen (secondary N) is 1. The summed E-state index contributed by atoms with van der Waals surface area (Å²) in [6, 6.07) is 8.37. The molecule has 2 rings (SSSR count). The Kier molecular flexibility index (Phi) is 4.49. The van der Waals surface area contributed by atoms with Crippen molar-refractivity contribution in [3.8, 4) is 0 Å². The van der Waals surface area contributed by atoms with Gasteiger partial charge >= 0.3 is 5.97 Å². The second kappa shape index (κ2) is 6.32. The van der Waals surface area contributed by atoms with Gasteiger partial charge in [0.25, 0.3) is 0 Å². The maximum Gasteiger partial charge on any atom is 0.303 e. The molecule has 6 nitrogen and oxygen atoms in total. The molecule has 4 N–H and O–H groups in total. The number of para-hydroxylation sites is 1. The summed E-state index contributed by atoms with van der Waals surface area (Å²) < 4.78 is 0. The third-order valence-corrected chi connectivity index (χ3v) is 3.11. The van der Waals surface area contributed by atoms with Gasteiger partial charge in [-0.05, 0) is 25.5 Å². The van der Waals surface area contributed by atoms with Crippen LogP contribution in [0.5, 0.6) is 0 Å². The molecule has 1 aromatic heterocycles. The topological polar surface area (TPSA) is 105 Å². The Morgan fingerprint density at radius 1 is 1.38 bits per heavy atom. The monoisotopic (exact) mass is 287 g/mol. The highest BCUT2D eigenvalue weighted by atomic mass is 16.4. The van der Waals surface area contributed by atoms with Gasteiger partial charge in [0.1, 0.15) is 0 Å². The first-order chi connectivity index (χ1) is 9.97. The van der Waals surface area contributed by atoms with E-state index in [1.807, 2.05) is 31.2 Å². The normalized spacial score (nSPS) is 12.1. The van der Waals surface area contributed by atoms with Gasteiger partial charge in [0, 0.05) is 17.5 Å². The molecule has 21 heavy (non-hydrogen) atoms. The van der Waals surface area contributed by atoms with Gasteiger partial charge in [-0.3, -0.25) is 14.6 Å². The fourth-order valence-electron chi connectivity index (χ4n) is 2.05. The predicted octanol–water partition coefficient (Wildman–Crippen LogP) is 1.67. The van der Waals surface area contributed by atoms with Crippen molar-refractivity contribution in [2.45, 2.75) is 25.8 Å². The second-order valence-electron chi connectivity index (χ2n) is 4.86. The first kappa shape index (κ1) is 14.9. The number of carboxylic acids is 1. The Labute approximate surface area is 122 Å². The number of carbonyl (C=O) groups excluding carboxylic acids is 1. The Bertz CT molecular complexity index is 685. The molecule has 0 aliphatic rings. The maximum atomic E-state index is 12.0. The van der Waals surface area contributed by atoms with Gasteiger partial charge in [-0.15, -0.1) is 0 Å². The van der Waals surface area contributed by atoms with Crippen molar-refractivity contribution >= 4 is 28.5 Å². The lowest BCUT2D eigenvalue weighted by molar-refractivity contribution is -0.137. The van der Waals surface area contributed by atoms with Crippen LogP contribution in [-0.4, -0.2) is 28.0 Å². The number of aliphatic carboxylic acids is 1. The number of amides is 1. The van der Waals surface area contributed by atoms with Crippen molar-refractivity contribution in [1.29, 1.82) is 0 Å². The zero-order valence-corrected chi connectivity index (χ0v) is 11.7. The van der Waals surface area contributed by atoms with Crippen LogP contribution in [0.3, 0.4) is 0 Å². The van der Waals surface area contributed by atoms with Crippen molar-refractivity contribution in [2.24, 2.45) is 5.73 Å². The van der Waals surface area contributed by atoms with Gasteiger partial charge < -0.3 is 16.2 Å². The molecular formula is C15H17N3O3. The summed E-state index contributed by atoms with van der Waals surface area (Å²) in [7, 11) is 0. The SMILES string of the molecule is Cc1cc(NC(=O)C(N)CCC(=O)O)c2ccccc2n1. The van der Waals surface area contributed by atoms with Crippen LogP contribution in [-0.2, 0) is 9.59 Å². The quantitative estimate of drug-likeness (QED) is 0.775. The number of fused-ring (bicyclic) bond motifs is 1. The lowest BCUT2D eigenvalue weighted by atomic mass is 10.1. The Hall–Kier alpha value is -2.47. The number of aromatic nitrogens is 1. The molecule has 0 saturated heterocycles. The number of rotatable bonds is 5. The number of hydrogen-bond donors (Lipinski definition) is 3. The van der Waals surface area contributed by atoms with E-state index in [0.717, 1.165) is 16.6 Å². The number of carboxylic acid groups (broad SMARTS) is 1. The molecule has 1 amide bonds. The fourth-order valence-corrected chi connectivity index (χ4v) is 2.05. The zero-order chi connectivity index (χ0) is 15.4. The number of aryl methyl sites for hydroxylation is 1. The van der Waals surface area contributed by atoms with Crippen molar-refractivity contribution in [3.05, 3.63) is 36.0 Å². The van der Waals surface area contributed by atoms with Gasteiger partial charge in [0.05, 0.1) is 17.2 Å². The van der Waals surface area contributed by atoms with Crippen LogP contribution < -0.4 is 11.1 Å². The van der Waals surface area contributed by atoms with Crippen LogP contribution >= 0.6 is 0 Å². The minimum absolute atomic E-state index is 0.100. The number of nitrogens with zero attached hydrogens (tertiary/aromatic N) is 1. The van der Waals surface area contributed by atoms with Crippen LogP contribution in [0.25, 0.3) is 10.9 Å². The maximum absolute atomic E-state index is 12.0. The second-order valence-corrected chi connectivity index (χ2v) is 4.86. The number of hydrogen-bond acceptors (Lipinski definition) is 4. The molecule has 0 spiro atoms. The molecule has 0 saturated carbocycles. The van der Waals surface area contributed by atoms with Gasteiger partial charge in [0.2, 0.25) is 5.91 Å². The molecule has 110 valence electrons. The first-order valence-corrected chi connectivity index (χ1v) is 6.62. The molecule has 0 radical (unpaired) electrons. The van der Waals surface area contributed by atoms with Crippen molar-refractivity contribution in [3.63, 3.8) is 0 Å². The van der Waals surface area contributed by atoms with Crippen LogP contribution in [0, 0.1) is 6.92 Å². The van der Waals surface area contributed by atoms with E-state index < -0.39 is 17.9 Å². The first-order valence-electron chi connectivity index (χ1n) is 6.62. The van der Waals surface area contributed by atoms with E-state index in [1.54, 1.807) is 6.07 Å². The summed E-state index contributed by atoms with van der Waals surface area (Å²) in [6.45, 7) is 1.84. The number of carbonyl (C=O) groups is 2. The van der Waals surface area contributed by atoms with Crippen molar-refractivity contribution in [2.75, 3.05) is 5.32 Å². The van der Waals surface area contributed by atoms with E-state index in [4.69, 9.17) is 10.8 Å². The average Bonchev–Trinajstić information content (AvgIpc) is 2.44. The van der Waals surface area contributed by atoms with Crippen molar-refractivity contribution in [1.82, 2.24) is 4.98 Å². The standard InChI is InChI=1S/C15H17N3O3/c1-9-8-13(10-4-2-3-5-12(10)17-9)18-15(21)11(16)6-7-14(19)20/h2-5,8,11H,6-7,16H2,1H3,(H,19,20)(H,17,18,21). The number of pyridine rings is 1. The summed E-state index contributed by atoms with van der Waals surface area (Å²) in [5.74, 6) is -1.37. The smallest absolute Gasteiger partial charge is 0.303 e. The van der Waals surface area contributed by atoms with E-state index in [0.29, 0.717) is 5.69 Å². The lowest BCUT2D eigenvalue weighted by Gasteiger charge is -2.13. The average molecular weight is 287 g/mol. The highest BCUT2D eigenvalue weighted by Gasteiger charge is 2.16. The Morgan fingerprint density at radius 3 is 2.81 bits per heavy atom. The van der Waals surface area contributed by atoms with Crippen molar-refractivity contribution < 1.29 is 14.7 Å². The molecule has 2 aromatic rings. The van der Waals surface area contributed by atoms with Gasteiger partial charge in [0.15, 0.2) is 0 Å². The highest BCUT2D eigenvalue weighted by Crippen LogP contribution is 2.23. The predicted molar refractivity (Wildman–Crippen MR) is 80.0 cm³/mol. The molecule has 1 heterocycles. The zero-order valence-electron chi connectivity index (χ0n) is 11.7. The molecule has 0 fully saturated rings. The van der Waals surface area contributed by atoms with Gasteiger partial charge in [-0.2, -0.15) is 0 Å². The Balaban J connectivity index is 2.19. The molecule has 0 bridgehead atoms. The molecular weight excluding hydrogens is 270 g/mol. The third-order valence-electron chi connectivity index (χ3n) is 3.11. The molecule has 0 aliphatic heterocycles. The number of nitrogens with two attached hydrogens (primary N) is 1. The summed E-state index contributed by atoms with van der Waals surface area (Å²) in [4.78, 5) is 26.9. The van der Waals surface area contributed by atoms with Crippen LogP contribution in [0.4, 0.5) is 5.69 Å². The minimum atomic E-state index is -0.969. The number of benzene rings is 1. The Morgan fingerprint density at radius 2 is 2.10 bits per heavy atom. The highest BCUT2D eigenvalue weighted by molar-refractivity contribution is 6.02. The van der Waals surface area contributed by atoms with E-state index >= 15 is 0 Å². The van der Waals surface area contributed by atoms with E-state index in [9.17, 15) is 9.59 Å². The van der Waals surface area contributed by atoms with Crippen LogP contribution in [0.15, 0.2) is 30.3 Å². The molecule has 1 atom stereocenters. The van der Waals surface area contributed by atoms with E-state index in [-0.39, 0.29) is 12.8 Å². The fraction of sp³-hybridized carbons (Fsp3) is 0.267. The van der Waals surface area contributed by atoms with Gasteiger partial charge in [-0.25, -0.2) is 0 Å². The van der Waals surface area contributed by atoms with Gasteiger partial charge in [-0.1, -0.05) is 18.2 Å². The molecule has 1 unspecified atom stereocenters. The summed E-state index contributed by atoms with van der Waals surface area (Å²) >= 11 is 0. The largest absolute Gasteiger partial charge is 0.481 e. The third kappa shape index (κ3) is 3.76. The van der Waals surface area contributed by atoms with Crippen LogP contribution in [0.1, 0.15) is 18.5 Å². The number of anilines is 1. The molecule has 0 aliphatic carbocycles. The summed E-state index contributed by atoms with van der Waals surface area (Å²) in [5.41, 5.74) is 7.90. The summed E-state index contributed by atoms with van der Waals surface area (Å²) in [6.07, 6.45) is -0.0339. The molecule has 6 heteroatoms. The lowest BCUT2D eigenvalue weighted by Crippen LogP contribution is -2.36. The van der Waals surface area contributed by atoms with E-state index in [2.05, 4.69) is 10.3 Å². The van der Waals surface area contributed by atoms with E-state index in [1.165, 1.54) is 0 Å². The summed E-state index contributed by atoms with van der Waals surface area (Å²) in [5, 5.41) is 12.2. The minimum Gasteiger partial charge on any atom is -0.481 e. The molecule has 1 aromatic carbocycles.